The summed E-state index contributed by atoms with van der Waals surface area (Å²) in [6, 6.07) is 9.54. The first-order valence-electron chi connectivity index (χ1n) is 7.73. The van der Waals surface area contributed by atoms with Crippen molar-refractivity contribution in [1.82, 2.24) is 5.32 Å². The van der Waals surface area contributed by atoms with Gasteiger partial charge in [-0.2, -0.15) is 0 Å². The predicted molar refractivity (Wildman–Crippen MR) is 80.4 cm³/mol. The summed E-state index contributed by atoms with van der Waals surface area (Å²) in [5, 5.41) is 3.71. The van der Waals surface area contributed by atoms with Crippen molar-refractivity contribution in [2.24, 2.45) is 5.92 Å². The van der Waals surface area contributed by atoms with Crippen LogP contribution in [0, 0.1) is 5.92 Å². The Labute approximate surface area is 117 Å². The van der Waals surface area contributed by atoms with Gasteiger partial charge in [0.1, 0.15) is 0 Å². The molecule has 2 atom stereocenters. The smallest absolute Gasteiger partial charge is 0.0506 e. The first-order valence-corrected chi connectivity index (χ1v) is 7.73. The number of rotatable bonds is 6. The van der Waals surface area contributed by atoms with Crippen molar-refractivity contribution in [3.05, 3.63) is 35.4 Å². The number of aryl methyl sites for hydroxylation is 1. The Bertz CT molecular complexity index is 354. The SMILES string of the molecule is CCc1ccc(C(CC)NCC2CCCOC2)cc1. The van der Waals surface area contributed by atoms with Crippen LogP contribution in [-0.4, -0.2) is 19.8 Å². The zero-order valence-corrected chi connectivity index (χ0v) is 12.3. The van der Waals surface area contributed by atoms with Crippen molar-refractivity contribution in [2.75, 3.05) is 19.8 Å². The highest BCUT2D eigenvalue weighted by molar-refractivity contribution is 5.25. The Hall–Kier alpha value is -0.860. The van der Waals surface area contributed by atoms with Gasteiger partial charge in [-0.05, 0) is 42.7 Å². The molecule has 1 aliphatic heterocycles. The van der Waals surface area contributed by atoms with Gasteiger partial charge < -0.3 is 10.1 Å². The third kappa shape index (κ3) is 4.32. The van der Waals surface area contributed by atoms with E-state index in [0.717, 1.165) is 32.6 Å². The minimum absolute atomic E-state index is 0.479. The van der Waals surface area contributed by atoms with E-state index in [1.807, 2.05) is 0 Å². The van der Waals surface area contributed by atoms with Crippen molar-refractivity contribution in [1.29, 1.82) is 0 Å². The quantitative estimate of drug-likeness (QED) is 0.842. The molecule has 1 saturated heterocycles. The lowest BCUT2D eigenvalue weighted by atomic mass is 9.99. The van der Waals surface area contributed by atoms with E-state index in [4.69, 9.17) is 4.74 Å². The molecule has 0 bridgehead atoms. The van der Waals surface area contributed by atoms with Gasteiger partial charge in [0.25, 0.3) is 0 Å². The standard InChI is InChI=1S/C17H27NO/c1-3-14-7-9-16(10-8-14)17(4-2)18-12-15-6-5-11-19-13-15/h7-10,15,17-18H,3-6,11-13H2,1-2H3. The van der Waals surface area contributed by atoms with Gasteiger partial charge in [-0.15, -0.1) is 0 Å². The van der Waals surface area contributed by atoms with Crippen molar-refractivity contribution in [3.8, 4) is 0 Å². The number of nitrogens with one attached hydrogen (secondary N) is 1. The topological polar surface area (TPSA) is 21.3 Å². The summed E-state index contributed by atoms with van der Waals surface area (Å²) in [4.78, 5) is 0. The summed E-state index contributed by atoms with van der Waals surface area (Å²) in [6.45, 7) is 7.41. The molecule has 2 rings (SSSR count). The van der Waals surface area contributed by atoms with Crippen molar-refractivity contribution in [2.45, 2.75) is 45.6 Å². The molecule has 1 fully saturated rings. The Kier molecular flexibility index (Phi) is 5.87. The summed E-state index contributed by atoms with van der Waals surface area (Å²) in [6.07, 6.45) is 4.77. The van der Waals surface area contributed by atoms with Crippen LogP contribution in [0.4, 0.5) is 0 Å². The maximum Gasteiger partial charge on any atom is 0.0506 e. The zero-order valence-electron chi connectivity index (χ0n) is 12.3. The van der Waals surface area contributed by atoms with Crippen LogP contribution in [0.25, 0.3) is 0 Å². The molecule has 0 aromatic heterocycles. The molecule has 2 unspecified atom stereocenters. The van der Waals surface area contributed by atoms with Crippen molar-refractivity contribution in [3.63, 3.8) is 0 Å². The molecule has 106 valence electrons. The average Bonchev–Trinajstić information content (AvgIpc) is 2.49. The minimum Gasteiger partial charge on any atom is -0.381 e. The third-order valence-electron chi connectivity index (χ3n) is 4.11. The summed E-state index contributed by atoms with van der Waals surface area (Å²) in [7, 11) is 0. The van der Waals surface area contributed by atoms with Gasteiger partial charge in [-0.1, -0.05) is 38.1 Å². The van der Waals surface area contributed by atoms with E-state index >= 15 is 0 Å². The molecule has 1 aliphatic rings. The highest BCUT2D eigenvalue weighted by Gasteiger charge is 2.16. The fourth-order valence-electron chi connectivity index (χ4n) is 2.76. The Morgan fingerprint density at radius 2 is 2.05 bits per heavy atom. The van der Waals surface area contributed by atoms with Gasteiger partial charge in [0.15, 0.2) is 0 Å². The molecule has 1 N–H and O–H groups in total. The summed E-state index contributed by atoms with van der Waals surface area (Å²) < 4.78 is 5.54. The van der Waals surface area contributed by atoms with Crippen LogP contribution in [0.3, 0.4) is 0 Å². The summed E-state index contributed by atoms with van der Waals surface area (Å²) in [5.41, 5.74) is 2.83. The Balaban J connectivity index is 1.87. The molecule has 0 aliphatic carbocycles. The molecule has 0 spiro atoms. The van der Waals surface area contributed by atoms with Gasteiger partial charge in [0.2, 0.25) is 0 Å². The van der Waals surface area contributed by atoms with Crippen LogP contribution in [-0.2, 0) is 11.2 Å². The van der Waals surface area contributed by atoms with E-state index < -0.39 is 0 Å². The largest absolute Gasteiger partial charge is 0.381 e. The lowest BCUT2D eigenvalue weighted by molar-refractivity contribution is 0.0537. The molecule has 19 heavy (non-hydrogen) atoms. The van der Waals surface area contributed by atoms with Gasteiger partial charge in [-0.25, -0.2) is 0 Å². The molecule has 0 radical (unpaired) electrons. The highest BCUT2D eigenvalue weighted by Crippen LogP contribution is 2.19. The minimum atomic E-state index is 0.479. The van der Waals surface area contributed by atoms with Crippen LogP contribution in [0.1, 0.15) is 50.3 Å². The van der Waals surface area contributed by atoms with E-state index in [1.54, 1.807) is 0 Å². The summed E-state index contributed by atoms with van der Waals surface area (Å²) in [5.74, 6) is 0.692. The molecular formula is C17H27NO. The van der Waals surface area contributed by atoms with E-state index in [1.165, 1.54) is 24.0 Å². The number of benzene rings is 1. The van der Waals surface area contributed by atoms with E-state index in [2.05, 4.69) is 43.4 Å². The predicted octanol–water partition coefficient (Wildman–Crippen LogP) is 3.72. The van der Waals surface area contributed by atoms with Crippen LogP contribution in [0.5, 0.6) is 0 Å². The lowest BCUT2D eigenvalue weighted by Crippen LogP contribution is -2.31. The first kappa shape index (κ1) is 14.5. The Morgan fingerprint density at radius 3 is 2.63 bits per heavy atom. The van der Waals surface area contributed by atoms with Crippen LogP contribution < -0.4 is 5.32 Å². The maximum absolute atomic E-state index is 5.54. The number of hydrogen-bond donors (Lipinski definition) is 1. The Morgan fingerprint density at radius 1 is 1.26 bits per heavy atom. The van der Waals surface area contributed by atoms with E-state index in [-0.39, 0.29) is 0 Å². The zero-order chi connectivity index (χ0) is 13.5. The normalized spacial score (nSPS) is 21.3. The second-order valence-corrected chi connectivity index (χ2v) is 5.55. The third-order valence-corrected chi connectivity index (χ3v) is 4.11. The van der Waals surface area contributed by atoms with Gasteiger partial charge in [0.05, 0.1) is 6.61 Å². The average molecular weight is 261 g/mol. The molecule has 2 heteroatoms. The van der Waals surface area contributed by atoms with E-state index in [9.17, 15) is 0 Å². The molecule has 2 nitrogen and oxygen atoms in total. The van der Waals surface area contributed by atoms with Crippen molar-refractivity contribution < 1.29 is 4.74 Å². The maximum atomic E-state index is 5.54. The number of ether oxygens (including phenoxy) is 1. The molecule has 1 aromatic rings. The molecule has 1 aromatic carbocycles. The second-order valence-electron chi connectivity index (χ2n) is 5.55. The van der Waals surface area contributed by atoms with E-state index in [0.29, 0.717) is 12.0 Å². The van der Waals surface area contributed by atoms with Gasteiger partial charge in [-0.3, -0.25) is 0 Å². The molecular weight excluding hydrogens is 234 g/mol. The molecule has 1 heterocycles. The molecule has 0 saturated carbocycles. The van der Waals surface area contributed by atoms with Crippen LogP contribution >= 0.6 is 0 Å². The van der Waals surface area contributed by atoms with Crippen molar-refractivity contribution >= 4 is 0 Å². The molecule has 0 amide bonds. The highest BCUT2D eigenvalue weighted by atomic mass is 16.5. The van der Waals surface area contributed by atoms with Gasteiger partial charge >= 0.3 is 0 Å². The fraction of sp³-hybridized carbons (Fsp3) is 0.647. The monoisotopic (exact) mass is 261 g/mol. The summed E-state index contributed by atoms with van der Waals surface area (Å²) >= 11 is 0. The van der Waals surface area contributed by atoms with Gasteiger partial charge in [0, 0.05) is 19.2 Å². The first-order chi connectivity index (χ1) is 9.33. The van der Waals surface area contributed by atoms with Crippen LogP contribution in [0.15, 0.2) is 24.3 Å². The fourth-order valence-corrected chi connectivity index (χ4v) is 2.76. The van der Waals surface area contributed by atoms with Crippen LogP contribution in [0.2, 0.25) is 0 Å². The lowest BCUT2D eigenvalue weighted by Gasteiger charge is -2.25. The number of hydrogen-bond acceptors (Lipinski definition) is 2. The second kappa shape index (κ2) is 7.66.